The lowest BCUT2D eigenvalue weighted by molar-refractivity contribution is -0.274. The number of ether oxygens (including phenoxy) is 1. The molecule has 1 nitrogen and oxygen atoms in total. The number of allylic oxidation sites excluding steroid dienone is 1. The van der Waals surface area contributed by atoms with Gasteiger partial charge in [-0.05, 0) is 69.6 Å². The molecule has 4 aromatic carbocycles. The molecule has 0 heterocycles. The molecule has 0 amide bonds. The van der Waals surface area contributed by atoms with Crippen LogP contribution in [0.25, 0.3) is 33.0 Å². The number of halogens is 3. The average molecular weight is 418 g/mol. The Morgan fingerprint density at radius 3 is 1.81 bits per heavy atom. The zero-order valence-corrected chi connectivity index (χ0v) is 16.8. The molecule has 0 saturated heterocycles. The Kier molecular flexibility index (Phi) is 5.81. The molecule has 0 N–H and O–H groups in total. The topological polar surface area (TPSA) is 9.23 Å². The van der Waals surface area contributed by atoms with Crippen molar-refractivity contribution in [1.29, 1.82) is 0 Å². The predicted octanol–water partition coefficient (Wildman–Crippen LogP) is 8.19. The summed E-state index contributed by atoms with van der Waals surface area (Å²) >= 11 is 0. The van der Waals surface area contributed by atoms with Gasteiger partial charge in [0.2, 0.25) is 0 Å². The normalized spacial score (nSPS) is 11.5. The standard InChI is InChI=1S/C27H21F3O/c1-2-3-4-19-5-6-25-18-24(12-11-23(25)17-19)22-9-7-20(8-10-22)21-13-15-26(16-14-21)31-27(28,29)30/h2,5-18H,1,3-4H2. The number of benzene rings is 4. The van der Waals surface area contributed by atoms with Crippen molar-refractivity contribution in [2.45, 2.75) is 19.2 Å². The van der Waals surface area contributed by atoms with Gasteiger partial charge >= 0.3 is 6.36 Å². The Labute approximate surface area is 179 Å². The summed E-state index contributed by atoms with van der Waals surface area (Å²) in [6.45, 7) is 3.78. The lowest BCUT2D eigenvalue weighted by Gasteiger charge is -2.10. The van der Waals surface area contributed by atoms with E-state index in [2.05, 4.69) is 47.7 Å². The van der Waals surface area contributed by atoms with E-state index >= 15 is 0 Å². The number of rotatable bonds is 6. The highest BCUT2D eigenvalue weighted by Gasteiger charge is 2.30. The first-order valence-corrected chi connectivity index (χ1v) is 10.0. The van der Waals surface area contributed by atoms with Gasteiger partial charge in [0.1, 0.15) is 5.75 Å². The molecule has 4 aromatic rings. The zero-order valence-electron chi connectivity index (χ0n) is 16.8. The molecule has 0 fully saturated rings. The van der Waals surface area contributed by atoms with E-state index < -0.39 is 6.36 Å². The maximum atomic E-state index is 12.3. The first-order chi connectivity index (χ1) is 14.9. The van der Waals surface area contributed by atoms with Gasteiger partial charge in [0.15, 0.2) is 0 Å². The minimum Gasteiger partial charge on any atom is -0.406 e. The van der Waals surface area contributed by atoms with E-state index in [1.807, 2.05) is 30.3 Å². The number of fused-ring (bicyclic) bond motifs is 1. The van der Waals surface area contributed by atoms with Crippen LogP contribution in [0.15, 0.2) is 97.6 Å². The smallest absolute Gasteiger partial charge is 0.406 e. The Bertz CT molecular complexity index is 1190. The summed E-state index contributed by atoms with van der Waals surface area (Å²) in [6.07, 6.45) is -0.794. The summed E-state index contributed by atoms with van der Waals surface area (Å²) in [7, 11) is 0. The van der Waals surface area contributed by atoms with Gasteiger partial charge in [-0.15, -0.1) is 19.8 Å². The van der Waals surface area contributed by atoms with Crippen LogP contribution in [0, 0.1) is 0 Å². The monoisotopic (exact) mass is 418 g/mol. The van der Waals surface area contributed by atoms with E-state index in [9.17, 15) is 13.2 Å². The van der Waals surface area contributed by atoms with E-state index in [4.69, 9.17) is 0 Å². The van der Waals surface area contributed by atoms with Crippen molar-refractivity contribution in [3.63, 3.8) is 0 Å². The van der Waals surface area contributed by atoms with Crippen LogP contribution < -0.4 is 4.74 Å². The second kappa shape index (κ2) is 8.68. The van der Waals surface area contributed by atoms with Gasteiger partial charge in [-0.1, -0.05) is 72.8 Å². The molecule has 0 aliphatic rings. The van der Waals surface area contributed by atoms with Crippen LogP contribution in [0.3, 0.4) is 0 Å². The average Bonchev–Trinajstić information content (AvgIpc) is 2.77. The molecule has 0 aromatic heterocycles. The Morgan fingerprint density at radius 2 is 1.19 bits per heavy atom. The van der Waals surface area contributed by atoms with E-state index in [-0.39, 0.29) is 5.75 Å². The molecule has 0 radical (unpaired) electrons. The molecule has 156 valence electrons. The quantitative estimate of drug-likeness (QED) is 0.287. The largest absolute Gasteiger partial charge is 0.573 e. The highest BCUT2D eigenvalue weighted by molar-refractivity contribution is 5.88. The molecular weight excluding hydrogens is 397 g/mol. The summed E-state index contributed by atoms with van der Waals surface area (Å²) in [5.41, 5.74) is 5.25. The van der Waals surface area contributed by atoms with Crippen LogP contribution >= 0.6 is 0 Å². The van der Waals surface area contributed by atoms with Crippen molar-refractivity contribution in [1.82, 2.24) is 0 Å². The fourth-order valence-corrected chi connectivity index (χ4v) is 3.60. The van der Waals surface area contributed by atoms with Gasteiger partial charge in [-0.25, -0.2) is 0 Å². The molecule has 4 heteroatoms. The first kappa shape index (κ1) is 20.7. The fraction of sp³-hybridized carbons (Fsp3) is 0.111. The molecule has 0 spiro atoms. The Hall–Kier alpha value is -3.53. The molecule has 0 bridgehead atoms. The minimum absolute atomic E-state index is 0.225. The van der Waals surface area contributed by atoms with Crippen molar-refractivity contribution >= 4 is 10.8 Å². The third kappa shape index (κ3) is 5.15. The highest BCUT2D eigenvalue weighted by Crippen LogP contribution is 2.30. The maximum Gasteiger partial charge on any atom is 0.573 e. The third-order valence-electron chi connectivity index (χ3n) is 5.18. The molecule has 0 atom stereocenters. The van der Waals surface area contributed by atoms with Crippen molar-refractivity contribution in [3.05, 3.63) is 103 Å². The van der Waals surface area contributed by atoms with Crippen molar-refractivity contribution in [2.24, 2.45) is 0 Å². The second-order valence-corrected chi connectivity index (χ2v) is 7.37. The predicted molar refractivity (Wildman–Crippen MR) is 120 cm³/mol. The number of alkyl halides is 3. The van der Waals surface area contributed by atoms with E-state index in [1.54, 1.807) is 12.1 Å². The molecule has 0 saturated carbocycles. The zero-order chi connectivity index (χ0) is 21.8. The molecule has 31 heavy (non-hydrogen) atoms. The fourth-order valence-electron chi connectivity index (χ4n) is 3.60. The highest BCUT2D eigenvalue weighted by atomic mass is 19.4. The van der Waals surface area contributed by atoms with Crippen LogP contribution in [-0.2, 0) is 6.42 Å². The van der Waals surface area contributed by atoms with Crippen LogP contribution in [-0.4, -0.2) is 6.36 Å². The van der Waals surface area contributed by atoms with Crippen molar-refractivity contribution < 1.29 is 17.9 Å². The lowest BCUT2D eigenvalue weighted by Crippen LogP contribution is -2.16. The van der Waals surface area contributed by atoms with Gasteiger partial charge in [0, 0.05) is 0 Å². The Balaban J connectivity index is 1.53. The van der Waals surface area contributed by atoms with Gasteiger partial charge in [0.05, 0.1) is 0 Å². The van der Waals surface area contributed by atoms with E-state index in [1.165, 1.54) is 28.5 Å². The summed E-state index contributed by atoms with van der Waals surface area (Å²) in [4.78, 5) is 0. The molecular formula is C27H21F3O. The summed E-state index contributed by atoms with van der Waals surface area (Å²) < 4.78 is 40.9. The van der Waals surface area contributed by atoms with Crippen LogP contribution in [0.2, 0.25) is 0 Å². The van der Waals surface area contributed by atoms with Crippen LogP contribution in [0.1, 0.15) is 12.0 Å². The second-order valence-electron chi connectivity index (χ2n) is 7.37. The molecule has 4 rings (SSSR count). The SMILES string of the molecule is C=CCCc1ccc2cc(-c3ccc(-c4ccc(OC(F)(F)F)cc4)cc3)ccc2c1. The summed E-state index contributed by atoms with van der Waals surface area (Å²) in [5.74, 6) is -0.225. The van der Waals surface area contributed by atoms with E-state index in [0.29, 0.717) is 0 Å². The number of aryl methyl sites for hydroxylation is 1. The molecule has 0 unspecified atom stereocenters. The first-order valence-electron chi connectivity index (χ1n) is 10.0. The Morgan fingerprint density at radius 1 is 0.677 bits per heavy atom. The van der Waals surface area contributed by atoms with Gasteiger partial charge in [-0.2, -0.15) is 0 Å². The summed E-state index contributed by atoms with van der Waals surface area (Å²) in [6, 6.07) is 26.8. The minimum atomic E-state index is -4.68. The van der Waals surface area contributed by atoms with Crippen LogP contribution in [0.5, 0.6) is 5.75 Å². The maximum absolute atomic E-state index is 12.3. The number of hydrogen-bond donors (Lipinski definition) is 0. The van der Waals surface area contributed by atoms with Gasteiger partial charge < -0.3 is 4.74 Å². The summed E-state index contributed by atoms with van der Waals surface area (Å²) in [5, 5.41) is 2.40. The lowest BCUT2D eigenvalue weighted by atomic mass is 9.97. The molecule has 0 aliphatic carbocycles. The molecule has 0 aliphatic heterocycles. The van der Waals surface area contributed by atoms with Gasteiger partial charge in [-0.3, -0.25) is 0 Å². The van der Waals surface area contributed by atoms with Gasteiger partial charge in [0.25, 0.3) is 0 Å². The van der Waals surface area contributed by atoms with Crippen molar-refractivity contribution in [2.75, 3.05) is 0 Å². The van der Waals surface area contributed by atoms with Crippen molar-refractivity contribution in [3.8, 4) is 28.0 Å². The van der Waals surface area contributed by atoms with Crippen LogP contribution in [0.4, 0.5) is 13.2 Å². The third-order valence-corrected chi connectivity index (χ3v) is 5.18. The van der Waals surface area contributed by atoms with E-state index in [0.717, 1.165) is 35.1 Å². The number of hydrogen-bond acceptors (Lipinski definition) is 1.